The second-order valence-electron chi connectivity index (χ2n) is 9.36. The van der Waals surface area contributed by atoms with E-state index in [1.54, 1.807) is 12.3 Å². The summed E-state index contributed by atoms with van der Waals surface area (Å²) in [5, 5.41) is 5.44. The van der Waals surface area contributed by atoms with Crippen molar-refractivity contribution in [3.63, 3.8) is 0 Å². The molecule has 3 atom stereocenters. The Hall–Kier alpha value is -3.87. The van der Waals surface area contributed by atoms with Crippen molar-refractivity contribution >= 4 is 17.6 Å². The number of carbonyl (C=O) groups excluding carboxylic acids is 2. The van der Waals surface area contributed by atoms with Crippen LogP contribution in [0.2, 0.25) is 0 Å². The molecule has 2 aliphatic heterocycles. The fraction of sp³-hybridized carbons (Fsp3) is 0.296. The van der Waals surface area contributed by atoms with Gasteiger partial charge in [-0.1, -0.05) is 18.2 Å². The standard InChI is InChI=1S/C27H25N3O4/c1-14-3-4-16(9-15(14)2)10-17(31)11-20-24-19-12-18(5-6-22(19)34-25(20)24)33-23-7-8-28-26-21(23)13-29-27(32)30-26/h3-9,12,20,24-25H,10-11,13H2,1-2H3,(H2,28,29,30,32)/t20-,24-,25+/m0/s1. The van der Waals surface area contributed by atoms with Gasteiger partial charge in [0.15, 0.2) is 0 Å². The molecule has 172 valence electrons. The highest BCUT2D eigenvalue weighted by atomic mass is 16.5. The number of ether oxygens (including phenoxy) is 2. The lowest BCUT2D eigenvalue weighted by Gasteiger charge is -2.20. The van der Waals surface area contributed by atoms with Crippen molar-refractivity contribution in [3.8, 4) is 17.2 Å². The van der Waals surface area contributed by atoms with Gasteiger partial charge in [0.2, 0.25) is 0 Å². The van der Waals surface area contributed by atoms with Gasteiger partial charge in [-0.3, -0.25) is 10.1 Å². The summed E-state index contributed by atoms with van der Waals surface area (Å²) in [6.45, 7) is 4.51. The third kappa shape index (κ3) is 3.67. The van der Waals surface area contributed by atoms with E-state index in [2.05, 4.69) is 41.6 Å². The van der Waals surface area contributed by atoms with Crippen molar-refractivity contribution in [1.82, 2.24) is 10.3 Å². The second kappa shape index (κ2) is 7.87. The SMILES string of the molecule is Cc1ccc(CC(=O)C[C@@H]2[C@H]3Oc4ccc(Oc5ccnc6c5CNC(=O)N6)cc4[C@@H]23)cc1C. The molecular weight excluding hydrogens is 430 g/mol. The maximum absolute atomic E-state index is 12.7. The number of fused-ring (bicyclic) bond motifs is 4. The Balaban J connectivity index is 1.14. The maximum Gasteiger partial charge on any atom is 0.320 e. The van der Waals surface area contributed by atoms with Crippen molar-refractivity contribution in [2.24, 2.45) is 5.92 Å². The van der Waals surface area contributed by atoms with Crippen LogP contribution in [-0.4, -0.2) is 22.9 Å². The molecule has 34 heavy (non-hydrogen) atoms. The minimum absolute atomic E-state index is 0.0713. The van der Waals surface area contributed by atoms with Crippen LogP contribution in [0.25, 0.3) is 0 Å². The van der Waals surface area contributed by atoms with Crippen molar-refractivity contribution in [1.29, 1.82) is 0 Å². The van der Waals surface area contributed by atoms with Crippen LogP contribution in [0, 0.1) is 19.8 Å². The largest absolute Gasteiger partial charge is 0.489 e. The van der Waals surface area contributed by atoms with Crippen molar-refractivity contribution in [2.45, 2.75) is 45.3 Å². The molecule has 6 rings (SSSR count). The number of rotatable bonds is 6. The number of urea groups is 1. The molecule has 1 aromatic heterocycles. The number of anilines is 1. The summed E-state index contributed by atoms with van der Waals surface area (Å²) in [5.41, 5.74) is 5.43. The Morgan fingerprint density at radius 2 is 2.03 bits per heavy atom. The highest BCUT2D eigenvalue weighted by molar-refractivity contribution is 5.91. The molecule has 3 heterocycles. The Kier molecular flexibility index (Phi) is 4.79. The van der Waals surface area contributed by atoms with Gasteiger partial charge in [0.25, 0.3) is 0 Å². The summed E-state index contributed by atoms with van der Waals surface area (Å²) < 4.78 is 12.3. The molecule has 2 N–H and O–H groups in total. The molecule has 1 aliphatic carbocycles. The highest BCUT2D eigenvalue weighted by Crippen LogP contribution is 2.60. The van der Waals surface area contributed by atoms with Gasteiger partial charge >= 0.3 is 6.03 Å². The molecule has 0 bridgehead atoms. The minimum Gasteiger partial charge on any atom is -0.489 e. The molecule has 2 aromatic carbocycles. The van der Waals surface area contributed by atoms with E-state index in [0.717, 1.165) is 22.4 Å². The number of hydrogen-bond donors (Lipinski definition) is 2. The van der Waals surface area contributed by atoms with Crippen LogP contribution in [0.15, 0.2) is 48.7 Å². The summed E-state index contributed by atoms with van der Waals surface area (Å²) in [6, 6.07) is 13.6. The van der Waals surface area contributed by atoms with E-state index < -0.39 is 0 Å². The molecule has 0 radical (unpaired) electrons. The number of amides is 2. The summed E-state index contributed by atoms with van der Waals surface area (Å²) in [6.07, 6.45) is 2.67. The molecular formula is C27H25N3O4. The molecule has 0 spiro atoms. The topological polar surface area (TPSA) is 89.6 Å². The van der Waals surface area contributed by atoms with Crippen LogP contribution in [0.3, 0.4) is 0 Å². The third-order valence-electron chi connectivity index (χ3n) is 7.03. The summed E-state index contributed by atoms with van der Waals surface area (Å²) in [5.74, 6) is 3.41. The zero-order valence-corrected chi connectivity index (χ0v) is 19.1. The number of nitrogens with zero attached hydrogens (tertiary/aromatic N) is 1. The van der Waals surface area contributed by atoms with E-state index in [0.29, 0.717) is 36.7 Å². The van der Waals surface area contributed by atoms with Gasteiger partial charge in [-0.2, -0.15) is 0 Å². The molecule has 7 nitrogen and oxygen atoms in total. The van der Waals surface area contributed by atoms with Gasteiger partial charge in [-0.25, -0.2) is 9.78 Å². The summed E-state index contributed by atoms with van der Waals surface area (Å²) >= 11 is 0. The van der Waals surface area contributed by atoms with E-state index in [-0.39, 0.29) is 29.8 Å². The van der Waals surface area contributed by atoms with Crippen molar-refractivity contribution in [2.75, 3.05) is 5.32 Å². The lowest BCUT2D eigenvalue weighted by molar-refractivity contribution is -0.118. The summed E-state index contributed by atoms with van der Waals surface area (Å²) in [4.78, 5) is 28.5. The number of aryl methyl sites for hydroxylation is 2. The van der Waals surface area contributed by atoms with Crippen molar-refractivity contribution < 1.29 is 19.1 Å². The van der Waals surface area contributed by atoms with E-state index in [1.807, 2.05) is 24.3 Å². The van der Waals surface area contributed by atoms with E-state index in [9.17, 15) is 9.59 Å². The maximum atomic E-state index is 12.7. The predicted molar refractivity (Wildman–Crippen MR) is 127 cm³/mol. The van der Waals surface area contributed by atoms with Crippen LogP contribution >= 0.6 is 0 Å². The quantitative estimate of drug-likeness (QED) is 0.557. The monoisotopic (exact) mass is 455 g/mol. The van der Waals surface area contributed by atoms with Gasteiger partial charge in [0, 0.05) is 36.4 Å². The van der Waals surface area contributed by atoms with Crippen LogP contribution in [-0.2, 0) is 17.8 Å². The van der Waals surface area contributed by atoms with Crippen LogP contribution in [0.5, 0.6) is 17.2 Å². The first-order valence-corrected chi connectivity index (χ1v) is 11.6. The van der Waals surface area contributed by atoms with E-state index >= 15 is 0 Å². The Bertz CT molecular complexity index is 1340. The first-order valence-electron chi connectivity index (χ1n) is 11.6. The number of benzene rings is 2. The molecule has 3 aromatic rings. The molecule has 7 heteroatoms. The number of pyridine rings is 1. The van der Waals surface area contributed by atoms with Crippen molar-refractivity contribution in [3.05, 3.63) is 76.5 Å². The van der Waals surface area contributed by atoms with Crippen LogP contribution in [0.4, 0.5) is 10.6 Å². The van der Waals surface area contributed by atoms with E-state index in [4.69, 9.17) is 9.47 Å². The number of nitrogens with one attached hydrogen (secondary N) is 2. The van der Waals surface area contributed by atoms with E-state index in [1.165, 1.54) is 11.1 Å². The Labute approximate surface area is 197 Å². The number of ketones is 1. The van der Waals surface area contributed by atoms with Gasteiger partial charge in [-0.15, -0.1) is 0 Å². The molecule has 2 amide bonds. The molecule has 1 fully saturated rings. The average molecular weight is 456 g/mol. The third-order valence-corrected chi connectivity index (χ3v) is 7.03. The summed E-state index contributed by atoms with van der Waals surface area (Å²) in [7, 11) is 0. The number of hydrogen-bond acceptors (Lipinski definition) is 5. The molecule has 0 saturated heterocycles. The lowest BCUT2D eigenvalue weighted by Crippen LogP contribution is -2.34. The average Bonchev–Trinajstić information content (AvgIpc) is 3.32. The lowest BCUT2D eigenvalue weighted by atomic mass is 9.99. The number of aromatic nitrogens is 1. The normalized spacial score (nSPS) is 21.4. The zero-order valence-electron chi connectivity index (χ0n) is 19.1. The molecule has 0 unspecified atom stereocenters. The second-order valence-corrected chi connectivity index (χ2v) is 9.36. The van der Waals surface area contributed by atoms with Gasteiger partial charge in [0.05, 0.1) is 12.1 Å². The fourth-order valence-electron chi connectivity index (χ4n) is 5.03. The van der Waals surface area contributed by atoms with Crippen LogP contribution < -0.4 is 20.1 Å². The number of Topliss-reactive ketones (excluding diaryl/α,β-unsaturated/α-hetero) is 1. The number of carbonyl (C=O) groups is 2. The minimum atomic E-state index is -0.273. The highest BCUT2D eigenvalue weighted by Gasteiger charge is 2.59. The first kappa shape index (κ1) is 20.7. The molecule has 1 saturated carbocycles. The predicted octanol–water partition coefficient (Wildman–Crippen LogP) is 4.80. The van der Waals surface area contributed by atoms with Gasteiger partial charge in [0.1, 0.15) is 35.0 Å². The smallest absolute Gasteiger partial charge is 0.320 e. The van der Waals surface area contributed by atoms with Gasteiger partial charge in [-0.05, 0) is 54.8 Å². The Morgan fingerprint density at radius 1 is 1.15 bits per heavy atom. The van der Waals surface area contributed by atoms with Crippen LogP contribution in [0.1, 0.15) is 40.2 Å². The molecule has 3 aliphatic rings. The fourth-order valence-corrected chi connectivity index (χ4v) is 5.03. The van der Waals surface area contributed by atoms with Gasteiger partial charge < -0.3 is 14.8 Å². The zero-order chi connectivity index (χ0) is 23.4. The Morgan fingerprint density at radius 3 is 2.88 bits per heavy atom. The first-order chi connectivity index (χ1) is 16.5.